The molecule has 0 bridgehead atoms. The van der Waals surface area contributed by atoms with Crippen molar-refractivity contribution in [2.24, 2.45) is 0 Å². The summed E-state index contributed by atoms with van der Waals surface area (Å²) in [5.41, 5.74) is 0. The number of fused-ring (bicyclic) bond motifs is 1. The fourth-order valence-electron chi connectivity index (χ4n) is 2.24. The number of sulfonamides is 1. The van der Waals surface area contributed by atoms with Gasteiger partial charge in [0.25, 0.3) is 0 Å². The SMILES string of the molecule is O=S(=O)(NCC1COCCN1)c1ccc2c(c1)OCCO2. The van der Waals surface area contributed by atoms with Crippen LogP contribution in [0.15, 0.2) is 23.1 Å². The van der Waals surface area contributed by atoms with Gasteiger partial charge in [-0.05, 0) is 12.1 Å². The molecule has 2 N–H and O–H groups in total. The first-order chi connectivity index (χ1) is 10.1. The van der Waals surface area contributed by atoms with Gasteiger partial charge in [0.15, 0.2) is 11.5 Å². The average Bonchev–Trinajstić information content (AvgIpc) is 2.53. The summed E-state index contributed by atoms with van der Waals surface area (Å²) >= 11 is 0. The van der Waals surface area contributed by atoms with E-state index in [0.29, 0.717) is 37.9 Å². The summed E-state index contributed by atoms with van der Waals surface area (Å²) < 4.78 is 43.2. The van der Waals surface area contributed by atoms with Gasteiger partial charge in [-0.15, -0.1) is 0 Å². The van der Waals surface area contributed by atoms with Gasteiger partial charge in [-0.25, -0.2) is 13.1 Å². The van der Waals surface area contributed by atoms with Gasteiger partial charge < -0.3 is 19.5 Å². The van der Waals surface area contributed by atoms with Crippen molar-refractivity contribution in [2.45, 2.75) is 10.9 Å². The molecule has 8 heteroatoms. The van der Waals surface area contributed by atoms with E-state index in [1.165, 1.54) is 12.1 Å². The molecular formula is C13H18N2O5S. The van der Waals surface area contributed by atoms with Crippen LogP contribution in [0.3, 0.4) is 0 Å². The molecule has 116 valence electrons. The van der Waals surface area contributed by atoms with E-state index < -0.39 is 10.0 Å². The van der Waals surface area contributed by atoms with E-state index in [-0.39, 0.29) is 17.5 Å². The van der Waals surface area contributed by atoms with Crippen molar-refractivity contribution in [1.82, 2.24) is 10.0 Å². The van der Waals surface area contributed by atoms with Crippen LogP contribution in [0.4, 0.5) is 0 Å². The van der Waals surface area contributed by atoms with E-state index in [9.17, 15) is 8.42 Å². The molecule has 2 aliphatic rings. The first-order valence-corrected chi connectivity index (χ1v) is 8.34. The second-order valence-electron chi connectivity index (χ2n) is 4.88. The molecular weight excluding hydrogens is 296 g/mol. The topological polar surface area (TPSA) is 85.9 Å². The number of nitrogens with one attached hydrogen (secondary N) is 2. The van der Waals surface area contributed by atoms with Crippen LogP contribution in [0.25, 0.3) is 0 Å². The molecule has 1 saturated heterocycles. The summed E-state index contributed by atoms with van der Waals surface area (Å²) in [4.78, 5) is 0.170. The fraction of sp³-hybridized carbons (Fsp3) is 0.538. The Morgan fingerprint density at radius 3 is 2.76 bits per heavy atom. The highest BCUT2D eigenvalue weighted by atomic mass is 32.2. The molecule has 0 spiro atoms. The lowest BCUT2D eigenvalue weighted by atomic mass is 10.3. The van der Waals surface area contributed by atoms with Crippen LogP contribution >= 0.6 is 0 Å². The fourth-order valence-corrected chi connectivity index (χ4v) is 3.33. The van der Waals surface area contributed by atoms with E-state index >= 15 is 0 Å². The first kappa shape index (κ1) is 14.6. The molecule has 21 heavy (non-hydrogen) atoms. The molecule has 1 atom stereocenters. The van der Waals surface area contributed by atoms with Crippen molar-refractivity contribution in [3.63, 3.8) is 0 Å². The van der Waals surface area contributed by atoms with Gasteiger partial charge in [-0.2, -0.15) is 0 Å². The molecule has 1 fully saturated rings. The molecule has 0 amide bonds. The van der Waals surface area contributed by atoms with Crippen LogP contribution in [0, 0.1) is 0 Å². The van der Waals surface area contributed by atoms with Gasteiger partial charge in [-0.3, -0.25) is 0 Å². The van der Waals surface area contributed by atoms with Gasteiger partial charge in [0.2, 0.25) is 10.0 Å². The van der Waals surface area contributed by atoms with Crippen molar-refractivity contribution in [3.8, 4) is 11.5 Å². The van der Waals surface area contributed by atoms with Crippen LogP contribution < -0.4 is 19.5 Å². The molecule has 1 unspecified atom stereocenters. The quantitative estimate of drug-likeness (QED) is 0.795. The van der Waals surface area contributed by atoms with E-state index in [0.717, 1.165) is 6.54 Å². The molecule has 1 aromatic carbocycles. The monoisotopic (exact) mass is 314 g/mol. The number of benzene rings is 1. The third-order valence-electron chi connectivity index (χ3n) is 3.34. The zero-order chi connectivity index (χ0) is 14.7. The third-order valence-corrected chi connectivity index (χ3v) is 4.76. The second-order valence-corrected chi connectivity index (χ2v) is 6.65. The van der Waals surface area contributed by atoms with Gasteiger partial charge >= 0.3 is 0 Å². The summed E-state index contributed by atoms with van der Waals surface area (Å²) in [7, 11) is -3.57. The maximum Gasteiger partial charge on any atom is 0.240 e. The molecule has 3 rings (SSSR count). The summed E-state index contributed by atoms with van der Waals surface area (Å²) in [6, 6.07) is 4.61. The Kier molecular flexibility index (Phi) is 4.29. The number of hydrogen-bond acceptors (Lipinski definition) is 6. The molecule has 0 aromatic heterocycles. The highest BCUT2D eigenvalue weighted by Crippen LogP contribution is 2.32. The van der Waals surface area contributed by atoms with E-state index in [4.69, 9.17) is 14.2 Å². The zero-order valence-electron chi connectivity index (χ0n) is 11.5. The second kappa shape index (κ2) is 6.18. The molecule has 7 nitrogen and oxygen atoms in total. The van der Waals surface area contributed by atoms with Crippen molar-refractivity contribution in [2.75, 3.05) is 39.5 Å². The minimum absolute atomic E-state index is 0.00858. The van der Waals surface area contributed by atoms with Gasteiger partial charge in [0.1, 0.15) is 13.2 Å². The lowest BCUT2D eigenvalue weighted by Gasteiger charge is -2.24. The van der Waals surface area contributed by atoms with Crippen LogP contribution in [0.2, 0.25) is 0 Å². The van der Waals surface area contributed by atoms with Crippen molar-refractivity contribution < 1.29 is 22.6 Å². The third kappa shape index (κ3) is 3.46. The Bertz CT molecular complexity index is 599. The van der Waals surface area contributed by atoms with Crippen LogP contribution in [0.1, 0.15) is 0 Å². The summed E-state index contributed by atoms with van der Waals surface area (Å²) in [5.74, 6) is 1.03. The van der Waals surface area contributed by atoms with Crippen LogP contribution in [0.5, 0.6) is 11.5 Å². The smallest absolute Gasteiger partial charge is 0.240 e. The molecule has 0 aliphatic carbocycles. The normalized spacial score (nSPS) is 22.0. The lowest BCUT2D eigenvalue weighted by molar-refractivity contribution is 0.0784. The van der Waals surface area contributed by atoms with Crippen molar-refractivity contribution in [1.29, 1.82) is 0 Å². The Hall–Kier alpha value is -1.35. The van der Waals surface area contributed by atoms with E-state index in [1.807, 2.05) is 0 Å². The Balaban J connectivity index is 1.69. The zero-order valence-corrected chi connectivity index (χ0v) is 12.3. The highest BCUT2D eigenvalue weighted by Gasteiger charge is 2.21. The number of ether oxygens (including phenoxy) is 3. The largest absolute Gasteiger partial charge is 0.486 e. The average molecular weight is 314 g/mol. The molecule has 2 aliphatic heterocycles. The molecule has 1 aromatic rings. The van der Waals surface area contributed by atoms with Gasteiger partial charge in [0.05, 0.1) is 18.1 Å². The summed E-state index contributed by atoms with van der Waals surface area (Å²) in [6.45, 7) is 3.08. The maximum absolute atomic E-state index is 12.3. The summed E-state index contributed by atoms with van der Waals surface area (Å²) in [5, 5.41) is 3.20. The van der Waals surface area contributed by atoms with Crippen LogP contribution in [-0.2, 0) is 14.8 Å². The first-order valence-electron chi connectivity index (χ1n) is 6.85. The van der Waals surface area contributed by atoms with Gasteiger partial charge in [-0.1, -0.05) is 0 Å². The number of hydrogen-bond donors (Lipinski definition) is 2. The molecule has 2 heterocycles. The molecule has 0 radical (unpaired) electrons. The molecule has 0 saturated carbocycles. The highest BCUT2D eigenvalue weighted by molar-refractivity contribution is 7.89. The standard InChI is InChI=1S/C13H18N2O5S/c16-21(17,15-8-10-9-18-4-3-14-10)11-1-2-12-13(7-11)20-6-5-19-12/h1-2,7,10,14-15H,3-6,8-9H2. The van der Waals surface area contributed by atoms with Crippen molar-refractivity contribution >= 4 is 10.0 Å². The predicted octanol–water partition coefficient (Wildman–Crippen LogP) is -0.275. The Labute approximate surface area is 123 Å². The van der Waals surface area contributed by atoms with Crippen LogP contribution in [-0.4, -0.2) is 54.0 Å². The Morgan fingerprint density at radius 1 is 1.19 bits per heavy atom. The Morgan fingerprint density at radius 2 is 2.00 bits per heavy atom. The van der Waals surface area contributed by atoms with Gasteiger partial charge in [0, 0.05) is 25.2 Å². The van der Waals surface area contributed by atoms with Crippen molar-refractivity contribution in [3.05, 3.63) is 18.2 Å². The predicted molar refractivity (Wildman–Crippen MR) is 75.2 cm³/mol. The van der Waals surface area contributed by atoms with E-state index in [1.54, 1.807) is 6.07 Å². The maximum atomic E-state index is 12.3. The minimum atomic E-state index is -3.57. The van der Waals surface area contributed by atoms with E-state index in [2.05, 4.69) is 10.0 Å². The number of rotatable bonds is 4. The minimum Gasteiger partial charge on any atom is -0.486 e. The summed E-state index contributed by atoms with van der Waals surface area (Å²) in [6.07, 6.45) is 0. The lowest BCUT2D eigenvalue weighted by Crippen LogP contribution is -2.48. The number of morpholine rings is 1.